The number of esters is 2. The van der Waals surface area contributed by atoms with E-state index in [1.54, 1.807) is 0 Å². The van der Waals surface area contributed by atoms with Crippen LogP contribution in [0, 0.1) is 0 Å². The van der Waals surface area contributed by atoms with Gasteiger partial charge in [-0.05, 0) is 103 Å². The van der Waals surface area contributed by atoms with E-state index in [0.29, 0.717) is 12.8 Å². The Morgan fingerprint density at radius 3 is 1.15 bits per heavy atom. The third kappa shape index (κ3) is 51.6. The largest absolute Gasteiger partial charge is 0.472 e. The van der Waals surface area contributed by atoms with Crippen molar-refractivity contribution in [2.45, 2.75) is 200 Å². The van der Waals surface area contributed by atoms with Crippen LogP contribution in [0.4, 0.5) is 0 Å². The van der Waals surface area contributed by atoms with E-state index in [9.17, 15) is 19.0 Å². The number of unbranched alkanes of at least 4 members (excludes halogenated alkanes) is 14. The molecule has 0 aliphatic heterocycles. The third-order valence-electron chi connectivity index (χ3n) is 10.3. The molecule has 2 atom stereocenters. The molecule has 380 valence electrons. The summed E-state index contributed by atoms with van der Waals surface area (Å²) in [6, 6.07) is 0. The van der Waals surface area contributed by atoms with E-state index in [-0.39, 0.29) is 32.6 Å². The second-order valence-corrected chi connectivity index (χ2v) is 18.1. The molecule has 0 rings (SSSR count). The zero-order valence-corrected chi connectivity index (χ0v) is 43.0. The maximum Gasteiger partial charge on any atom is 0.472 e. The van der Waals surface area contributed by atoms with Crippen LogP contribution in [0.15, 0.2) is 122 Å². The van der Waals surface area contributed by atoms with Crippen molar-refractivity contribution in [3.8, 4) is 0 Å². The summed E-state index contributed by atoms with van der Waals surface area (Å²) in [5, 5.41) is 0. The summed E-state index contributed by atoms with van der Waals surface area (Å²) < 4.78 is 32.9. The maximum atomic E-state index is 12.7. The first-order valence-corrected chi connectivity index (χ1v) is 27.5. The summed E-state index contributed by atoms with van der Waals surface area (Å²) in [5.74, 6) is -0.864. The molecule has 0 aliphatic rings. The van der Waals surface area contributed by atoms with Crippen molar-refractivity contribution in [3.63, 3.8) is 0 Å². The van der Waals surface area contributed by atoms with Gasteiger partial charge in [-0.1, -0.05) is 200 Å². The van der Waals surface area contributed by atoms with Gasteiger partial charge >= 0.3 is 19.8 Å². The van der Waals surface area contributed by atoms with Crippen LogP contribution >= 0.6 is 7.82 Å². The van der Waals surface area contributed by atoms with E-state index < -0.39 is 32.5 Å². The second-order valence-electron chi connectivity index (χ2n) is 16.6. The lowest BCUT2D eigenvalue weighted by molar-refractivity contribution is -0.161. The van der Waals surface area contributed by atoms with Gasteiger partial charge in [-0.2, -0.15) is 0 Å². The Balaban J connectivity index is 4.13. The minimum Gasteiger partial charge on any atom is -0.462 e. The summed E-state index contributed by atoms with van der Waals surface area (Å²) in [4.78, 5) is 35.1. The molecule has 0 bridgehead atoms. The van der Waals surface area contributed by atoms with Gasteiger partial charge in [-0.3, -0.25) is 18.6 Å². The van der Waals surface area contributed by atoms with E-state index in [4.69, 9.17) is 24.3 Å². The molecule has 9 nitrogen and oxygen atoms in total. The van der Waals surface area contributed by atoms with E-state index in [0.717, 1.165) is 128 Å². The van der Waals surface area contributed by atoms with Gasteiger partial charge in [-0.15, -0.1) is 0 Å². The maximum absolute atomic E-state index is 12.7. The smallest absolute Gasteiger partial charge is 0.462 e. The fourth-order valence-electron chi connectivity index (χ4n) is 6.57. The van der Waals surface area contributed by atoms with Gasteiger partial charge in [0.1, 0.15) is 6.61 Å². The second kappa shape index (κ2) is 51.8. The van der Waals surface area contributed by atoms with Gasteiger partial charge in [-0.25, -0.2) is 4.57 Å². The average molecular weight is 952 g/mol. The van der Waals surface area contributed by atoms with Crippen molar-refractivity contribution in [1.82, 2.24) is 0 Å². The summed E-state index contributed by atoms with van der Waals surface area (Å²) >= 11 is 0. The zero-order chi connectivity index (χ0) is 48.8. The number of carbonyl (C=O) groups is 2. The lowest BCUT2D eigenvalue weighted by Gasteiger charge is -2.19. The van der Waals surface area contributed by atoms with Crippen molar-refractivity contribution < 1.29 is 37.6 Å². The highest BCUT2D eigenvalue weighted by atomic mass is 31.2. The number of ether oxygens (including phenoxy) is 2. The number of phosphoric acid groups is 1. The molecule has 0 fully saturated rings. The molecule has 0 saturated carbocycles. The summed E-state index contributed by atoms with van der Waals surface area (Å²) in [6.45, 7) is 3.47. The molecule has 2 unspecified atom stereocenters. The Hall–Kier alpha value is -3.59. The van der Waals surface area contributed by atoms with Crippen LogP contribution in [-0.4, -0.2) is 49.3 Å². The van der Waals surface area contributed by atoms with Crippen molar-refractivity contribution >= 4 is 19.8 Å². The van der Waals surface area contributed by atoms with Gasteiger partial charge in [0.25, 0.3) is 0 Å². The van der Waals surface area contributed by atoms with Crippen LogP contribution < -0.4 is 5.73 Å². The van der Waals surface area contributed by atoms with Crippen LogP contribution in [0.1, 0.15) is 194 Å². The molecule has 0 aromatic rings. The number of allylic oxidation sites excluding steroid dienone is 20. The molecule has 67 heavy (non-hydrogen) atoms. The first-order valence-electron chi connectivity index (χ1n) is 26.0. The third-order valence-corrected chi connectivity index (χ3v) is 11.3. The Kier molecular flexibility index (Phi) is 49.0. The Morgan fingerprint density at radius 2 is 0.776 bits per heavy atom. The van der Waals surface area contributed by atoms with E-state index >= 15 is 0 Å². The minimum absolute atomic E-state index is 0.0423. The predicted molar refractivity (Wildman–Crippen MR) is 284 cm³/mol. The van der Waals surface area contributed by atoms with Crippen LogP contribution in [-0.2, 0) is 32.7 Å². The fraction of sp³-hybridized carbons (Fsp3) is 0.614. The molecular weight excluding hydrogens is 858 g/mol. The standard InChI is InChI=1S/C57H94NO8P/c1-3-5-7-9-11-13-15-17-19-21-23-25-26-27-28-30-32-34-36-38-40-42-44-46-48-50-57(60)66-55(54-65-67(61,62)64-52-51-58)53-63-56(59)49-47-45-43-41-39-37-35-33-31-29-24-22-20-18-16-14-12-10-8-6-4-2/h5-8,11-14,17-20,23-25,27-29,32,34,55H,3-4,9-10,15-16,21-22,26,30-31,33,35-54,58H2,1-2H3,(H,61,62)/b7-5-,8-6-,13-11-,14-12-,19-17-,20-18-,25-23-,28-27-,29-24-,34-32-. The van der Waals surface area contributed by atoms with E-state index in [1.165, 1.54) is 25.7 Å². The fourth-order valence-corrected chi connectivity index (χ4v) is 7.34. The highest BCUT2D eigenvalue weighted by Gasteiger charge is 2.26. The molecule has 10 heteroatoms. The molecule has 0 aliphatic carbocycles. The molecule has 0 aromatic carbocycles. The molecule has 0 radical (unpaired) electrons. The van der Waals surface area contributed by atoms with Crippen molar-refractivity contribution in [2.24, 2.45) is 5.73 Å². The number of phosphoric ester groups is 1. The van der Waals surface area contributed by atoms with Crippen LogP contribution in [0.2, 0.25) is 0 Å². The topological polar surface area (TPSA) is 134 Å². The number of hydrogen-bond acceptors (Lipinski definition) is 8. The van der Waals surface area contributed by atoms with Crippen LogP contribution in [0.3, 0.4) is 0 Å². The molecule has 0 aromatic heterocycles. The van der Waals surface area contributed by atoms with Gasteiger partial charge in [0.15, 0.2) is 6.10 Å². The Labute approximate surface area is 409 Å². The summed E-state index contributed by atoms with van der Waals surface area (Å²) in [7, 11) is -4.40. The first-order chi connectivity index (χ1) is 32.8. The molecule has 0 heterocycles. The van der Waals surface area contributed by atoms with Crippen LogP contribution in [0.25, 0.3) is 0 Å². The number of rotatable bonds is 47. The van der Waals surface area contributed by atoms with Crippen LogP contribution in [0.5, 0.6) is 0 Å². The Bertz CT molecular complexity index is 1500. The average Bonchev–Trinajstić information content (AvgIpc) is 3.32. The van der Waals surface area contributed by atoms with Gasteiger partial charge < -0.3 is 20.1 Å². The van der Waals surface area contributed by atoms with E-state index in [1.807, 2.05) is 0 Å². The molecule has 0 amide bonds. The molecule has 0 spiro atoms. The van der Waals surface area contributed by atoms with Crippen molar-refractivity contribution in [3.05, 3.63) is 122 Å². The highest BCUT2D eigenvalue weighted by molar-refractivity contribution is 7.47. The molecule has 3 N–H and O–H groups in total. The lowest BCUT2D eigenvalue weighted by atomic mass is 10.1. The lowest BCUT2D eigenvalue weighted by Crippen LogP contribution is -2.29. The van der Waals surface area contributed by atoms with Crippen molar-refractivity contribution in [1.29, 1.82) is 0 Å². The first kappa shape index (κ1) is 63.4. The summed E-state index contributed by atoms with van der Waals surface area (Å²) in [5.41, 5.74) is 5.37. The highest BCUT2D eigenvalue weighted by Crippen LogP contribution is 2.43. The molecular formula is C57H94NO8P. The van der Waals surface area contributed by atoms with Gasteiger partial charge in [0, 0.05) is 19.4 Å². The van der Waals surface area contributed by atoms with Gasteiger partial charge in [0.2, 0.25) is 0 Å². The quantitative estimate of drug-likeness (QED) is 0.0265. The van der Waals surface area contributed by atoms with E-state index in [2.05, 4.69) is 135 Å². The number of carbonyl (C=O) groups excluding carboxylic acids is 2. The zero-order valence-electron chi connectivity index (χ0n) is 42.1. The Morgan fingerprint density at radius 1 is 0.448 bits per heavy atom. The predicted octanol–water partition coefficient (Wildman–Crippen LogP) is 16.1. The SMILES string of the molecule is CC/C=C\C/C=C\C/C=C\C/C=C\C/C=C\C/C=C\CCCCCCCCC(=O)OC(COC(=O)CCCCCCCCCC/C=C\C/C=C\C/C=C\C/C=C\CC)COP(=O)(O)OCCN. The van der Waals surface area contributed by atoms with Crippen molar-refractivity contribution in [2.75, 3.05) is 26.4 Å². The summed E-state index contributed by atoms with van der Waals surface area (Å²) in [6.07, 6.45) is 70.9. The van der Waals surface area contributed by atoms with Gasteiger partial charge in [0.05, 0.1) is 13.2 Å². The monoisotopic (exact) mass is 952 g/mol. The number of nitrogens with two attached hydrogens (primary N) is 1. The molecule has 0 saturated heterocycles. The number of hydrogen-bond donors (Lipinski definition) is 2. The normalized spacial score (nSPS) is 14.1. The minimum atomic E-state index is -4.40.